The van der Waals surface area contributed by atoms with E-state index in [1.54, 1.807) is 10.6 Å². The third-order valence-electron chi connectivity index (χ3n) is 2.39. The summed E-state index contributed by atoms with van der Waals surface area (Å²) in [5, 5.41) is 0. The maximum atomic E-state index is 13.1. The molecule has 5 heteroatoms. The third-order valence-corrected chi connectivity index (χ3v) is 2.39. The van der Waals surface area contributed by atoms with Crippen molar-refractivity contribution in [1.82, 2.24) is 9.55 Å². The second kappa shape index (κ2) is 3.92. The number of aromatic nitrogens is 2. The number of methoxy groups -OCH3 is 1. The minimum Gasteiger partial charge on any atom is -0.463 e. The molecule has 0 aliphatic heterocycles. The molecule has 0 N–H and O–H groups in total. The van der Waals surface area contributed by atoms with E-state index in [9.17, 15) is 9.18 Å². The number of halogens is 1. The molecule has 0 fully saturated rings. The summed E-state index contributed by atoms with van der Waals surface area (Å²) >= 11 is 0. The highest BCUT2D eigenvalue weighted by Gasteiger charge is 2.17. The molecule has 1 aromatic carbocycles. The highest BCUT2D eigenvalue weighted by atomic mass is 19.1. The first kappa shape index (κ1) is 10.6. The normalized spacial score (nSPS) is 10.7. The fraction of sp³-hybridized carbons (Fsp3) is 0.273. The monoisotopic (exact) mass is 222 g/mol. The zero-order valence-corrected chi connectivity index (χ0v) is 9.03. The van der Waals surface area contributed by atoms with Gasteiger partial charge in [-0.05, 0) is 25.1 Å². The zero-order chi connectivity index (χ0) is 11.7. The Bertz CT molecular complexity index is 548. The van der Waals surface area contributed by atoms with Crippen LogP contribution in [0.2, 0.25) is 0 Å². The summed E-state index contributed by atoms with van der Waals surface area (Å²) < 4.78 is 19.3. The molecule has 4 nitrogen and oxygen atoms in total. The number of benzene rings is 1. The van der Waals surface area contributed by atoms with Gasteiger partial charge in [0.15, 0.2) is 0 Å². The number of hydrogen-bond donors (Lipinski definition) is 0. The predicted octanol–water partition coefficient (Wildman–Crippen LogP) is 1.98. The molecule has 84 valence electrons. The van der Waals surface area contributed by atoms with Crippen LogP contribution in [0.1, 0.15) is 17.5 Å². The van der Waals surface area contributed by atoms with Crippen LogP contribution >= 0.6 is 0 Å². The molecular formula is C11H11FN2O2. The Morgan fingerprint density at radius 2 is 2.31 bits per heavy atom. The quantitative estimate of drug-likeness (QED) is 0.730. The lowest BCUT2D eigenvalue weighted by molar-refractivity contribution is 0.0582. The van der Waals surface area contributed by atoms with E-state index in [-0.39, 0.29) is 11.6 Å². The number of rotatable bonds is 2. The largest absolute Gasteiger partial charge is 0.463 e. The molecule has 0 bridgehead atoms. The summed E-state index contributed by atoms with van der Waals surface area (Å²) in [6.07, 6.45) is 0. The van der Waals surface area contributed by atoms with Gasteiger partial charge in [0.05, 0.1) is 18.1 Å². The second-order valence-electron chi connectivity index (χ2n) is 3.30. The fourth-order valence-corrected chi connectivity index (χ4v) is 1.66. The Hall–Kier alpha value is -1.91. The van der Waals surface area contributed by atoms with Gasteiger partial charge in [-0.25, -0.2) is 14.2 Å². The van der Waals surface area contributed by atoms with Crippen molar-refractivity contribution in [2.75, 3.05) is 7.11 Å². The van der Waals surface area contributed by atoms with Gasteiger partial charge in [0.2, 0.25) is 5.82 Å². The van der Waals surface area contributed by atoms with E-state index in [1.807, 2.05) is 6.92 Å². The third kappa shape index (κ3) is 1.54. The predicted molar refractivity (Wildman–Crippen MR) is 56.7 cm³/mol. The van der Waals surface area contributed by atoms with Crippen LogP contribution in [0.4, 0.5) is 4.39 Å². The minimum atomic E-state index is -0.515. The summed E-state index contributed by atoms with van der Waals surface area (Å²) in [5.41, 5.74) is 1.19. The number of carbonyl (C=O) groups is 1. The van der Waals surface area contributed by atoms with Crippen LogP contribution in [-0.4, -0.2) is 22.6 Å². The van der Waals surface area contributed by atoms with Crippen LogP contribution < -0.4 is 0 Å². The van der Waals surface area contributed by atoms with Crippen molar-refractivity contribution in [2.45, 2.75) is 13.5 Å². The molecule has 0 saturated heterocycles. The van der Waals surface area contributed by atoms with Gasteiger partial charge >= 0.3 is 5.97 Å². The number of ether oxygens (including phenoxy) is 1. The van der Waals surface area contributed by atoms with Crippen LogP contribution in [0.3, 0.4) is 0 Å². The van der Waals surface area contributed by atoms with E-state index < -0.39 is 5.97 Å². The molecule has 0 aliphatic rings. The maximum Gasteiger partial charge on any atom is 0.374 e. The van der Waals surface area contributed by atoms with Gasteiger partial charge in [-0.15, -0.1) is 0 Å². The van der Waals surface area contributed by atoms with E-state index in [4.69, 9.17) is 0 Å². The fourth-order valence-electron chi connectivity index (χ4n) is 1.66. The lowest BCUT2D eigenvalue weighted by Crippen LogP contribution is -2.10. The molecule has 0 aliphatic carbocycles. The molecule has 2 aromatic rings. The van der Waals surface area contributed by atoms with Crippen molar-refractivity contribution in [3.8, 4) is 0 Å². The molecule has 1 aromatic heterocycles. The van der Waals surface area contributed by atoms with Crippen LogP contribution in [0.25, 0.3) is 11.0 Å². The first-order chi connectivity index (χ1) is 7.67. The molecule has 2 rings (SSSR count). The second-order valence-corrected chi connectivity index (χ2v) is 3.30. The first-order valence-corrected chi connectivity index (χ1v) is 4.91. The van der Waals surface area contributed by atoms with Crippen LogP contribution in [-0.2, 0) is 11.3 Å². The van der Waals surface area contributed by atoms with Gasteiger partial charge < -0.3 is 9.30 Å². The van der Waals surface area contributed by atoms with Crippen molar-refractivity contribution in [3.63, 3.8) is 0 Å². The molecule has 0 unspecified atom stereocenters. The molecule has 0 saturated carbocycles. The Labute approximate surface area is 91.7 Å². The van der Waals surface area contributed by atoms with Crippen molar-refractivity contribution in [2.24, 2.45) is 0 Å². The lowest BCUT2D eigenvalue weighted by atomic mass is 10.3. The number of fused-ring (bicyclic) bond motifs is 1. The molecule has 1 heterocycles. The highest BCUT2D eigenvalue weighted by Crippen LogP contribution is 2.18. The summed E-state index contributed by atoms with van der Waals surface area (Å²) in [4.78, 5) is 15.6. The Morgan fingerprint density at radius 3 is 2.94 bits per heavy atom. The zero-order valence-electron chi connectivity index (χ0n) is 9.03. The smallest absolute Gasteiger partial charge is 0.374 e. The molecule has 16 heavy (non-hydrogen) atoms. The topological polar surface area (TPSA) is 44.1 Å². The number of imidazole rings is 1. The van der Waals surface area contributed by atoms with Gasteiger partial charge in [0.25, 0.3) is 0 Å². The van der Waals surface area contributed by atoms with Gasteiger partial charge in [0.1, 0.15) is 5.82 Å². The van der Waals surface area contributed by atoms with Crippen molar-refractivity contribution >= 4 is 17.0 Å². The van der Waals surface area contributed by atoms with Gasteiger partial charge in [-0.2, -0.15) is 0 Å². The molecule has 0 spiro atoms. The van der Waals surface area contributed by atoms with Crippen molar-refractivity contribution in [1.29, 1.82) is 0 Å². The SMILES string of the molecule is CCn1c(C(=O)OC)nc2ccc(F)cc21. The Kier molecular flexibility index (Phi) is 2.60. The van der Waals surface area contributed by atoms with E-state index in [0.29, 0.717) is 17.6 Å². The summed E-state index contributed by atoms with van der Waals surface area (Å²) in [7, 11) is 1.29. The number of aryl methyl sites for hydroxylation is 1. The number of nitrogens with zero attached hydrogens (tertiary/aromatic N) is 2. The van der Waals surface area contributed by atoms with Gasteiger partial charge in [0, 0.05) is 6.54 Å². The number of esters is 1. The van der Waals surface area contributed by atoms with Crippen LogP contribution in [0.5, 0.6) is 0 Å². The number of carbonyl (C=O) groups excluding carboxylic acids is 1. The average Bonchev–Trinajstić information content (AvgIpc) is 2.65. The van der Waals surface area contributed by atoms with E-state index in [0.717, 1.165) is 0 Å². The Morgan fingerprint density at radius 1 is 1.56 bits per heavy atom. The van der Waals surface area contributed by atoms with Crippen LogP contribution in [0.15, 0.2) is 18.2 Å². The summed E-state index contributed by atoms with van der Waals surface area (Å²) in [5.74, 6) is -0.664. The highest BCUT2D eigenvalue weighted by molar-refractivity contribution is 5.91. The van der Waals surface area contributed by atoms with Gasteiger partial charge in [-0.3, -0.25) is 0 Å². The Balaban J connectivity index is 2.71. The molecule has 0 radical (unpaired) electrons. The average molecular weight is 222 g/mol. The van der Waals surface area contributed by atoms with Crippen molar-refractivity contribution < 1.29 is 13.9 Å². The summed E-state index contributed by atoms with van der Waals surface area (Å²) in [6.45, 7) is 2.39. The van der Waals surface area contributed by atoms with E-state index >= 15 is 0 Å². The lowest BCUT2D eigenvalue weighted by Gasteiger charge is -2.03. The van der Waals surface area contributed by atoms with E-state index in [1.165, 1.54) is 19.2 Å². The molecule has 0 atom stereocenters. The van der Waals surface area contributed by atoms with Gasteiger partial charge in [-0.1, -0.05) is 0 Å². The first-order valence-electron chi connectivity index (χ1n) is 4.91. The summed E-state index contributed by atoms with van der Waals surface area (Å²) in [6, 6.07) is 4.22. The molecular weight excluding hydrogens is 211 g/mol. The standard InChI is InChI=1S/C11H11FN2O2/c1-3-14-9-6-7(12)4-5-8(9)13-10(14)11(15)16-2/h4-6H,3H2,1-2H3. The minimum absolute atomic E-state index is 0.200. The molecule has 0 amide bonds. The van der Waals surface area contributed by atoms with E-state index in [2.05, 4.69) is 9.72 Å². The maximum absolute atomic E-state index is 13.1. The van der Waals surface area contributed by atoms with Crippen LogP contribution in [0, 0.1) is 5.82 Å². The van der Waals surface area contributed by atoms with Crippen molar-refractivity contribution in [3.05, 3.63) is 29.8 Å². The number of hydrogen-bond acceptors (Lipinski definition) is 3.